The number of rotatable bonds is 1. The molecule has 0 unspecified atom stereocenters. The van der Waals surface area contributed by atoms with Gasteiger partial charge in [-0.15, -0.1) is 0 Å². The predicted octanol–water partition coefficient (Wildman–Crippen LogP) is 3.64. The lowest BCUT2D eigenvalue weighted by Crippen LogP contribution is -2.15. The molecular weight excluding hydrogens is 232 g/mol. The highest BCUT2D eigenvalue weighted by Crippen LogP contribution is 2.27. The van der Waals surface area contributed by atoms with Crippen LogP contribution in [0.15, 0.2) is 24.3 Å². The first-order valence-corrected chi connectivity index (χ1v) is 6.09. The molecule has 2 N–H and O–H groups in total. The van der Waals surface area contributed by atoms with Crippen molar-refractivity contribution >= 4 is 22.5 Å². The van der Waals surface area contributed by atoms with Gasteiger partial charge in [-0.05, 0) is 29.8 Å². The van der Waals surface area contributed by atoms with E-state index in [2.05, 4.69) is 31.8 Å². The highest BCUT2D eigenvalue weighted by atomic mass is 35.5. The molecule has 3 heteroatoms. The van der Waals surface area contributed by atoms with Crippen LogP contribution in [0.4, 0.5) is 0 Å². The van der Waals surface area contributed by atoms with Gasteiger partial charge in [-0.1, -0.05) is 32.4 Å². The van der Waals surface area contributed by atoms with Crippen LogP contribution in [0.1, 0.15) is 32.0 Å². The highest BCUT2D eigenvalue weighted by molar-refractivity contribution is 6.31. The maximum Gasteiger partial charge on any atom is 0.0709 e. The minimum absolute atomic E-state index is 0.0255. The molecular formula is C14H17ClN2. The summed E-state index contributed by atoms with van der Waals surface area (Å²) in [6.07, 6.45) is 0. The molecule has 2 nitrogen and oxygen atoms in total. The molecule has 0 amide bonds. The average molecular weight is 249 g/mol. The van der Waals surface area contributed by atoms with Crippen molar-refractivity contribution in [2.75, 3.05) is 0 Å². The summed E-state index contributed by atoms with van der Waals surface area (Å²) in [6.45, 7) is 6.95. The number of halogens is 1. The molecule has 17 heavy (non-hydrogen) atoms. The van der Waals surface area contributed by atoms with E-state index < -0.39 is 0 Å². The highest BCUT2D eigenvalue weighted by Gasteiger charge is 2.17. The van der Waals surface area contributed by atoms with Crippen molar-refractivity contribution in [1.29, 1.82) is 0 Å². The minimum atomic E-state index is 0.0255. The van der Waals surface area contributed by atoms with Gasteiger partial charge < -0.3 is 5.73 Å². The van der Waals surface area contributed by atoms with Crippen molar-refractivity contribution in [3.8, 4) is 0 Å². The first-order valence-electron chi connectivity index (χ1n) is 5.71. The first kappa shape index (κ1) is 12.3. The number of nitrogens with two attached hydrogens (primary N) is 1. The van der Waals surface area contributed by atoms with Crippen LogP contribution in [-0.2, 0) is 12.0 Å². The fourth-order valence-corrected chi connectivity index (χ4v) is 1.99. The SMILES string of the molecule is CC(C)(C)c1cc(CN)c2cc(Cl)ccc2n1. The molecule has 1 aromatic carbocycles. The lowest BCUT2D eigenvalue weighted by atomic mass is 9.90. The molecule has 1 heterocycles. The van der Waals surface area contributed by atoms with Crippen molar-refractivity contribution in [2.45, 2.75) is 32.7 Å². The third-order valence-corrected chi connectivity index (χ3v) is 3.08. The van der Waals surface area contributed by atoms with E-state index in [9.17, 15) is 0 Å². The molecule has 0 aliphatic carbocycles. The number of benzene rings is 1. The number of hydrogen-bond donors (Lipinski definition) is 1. The largest absolute Gasteiger partial charge is 0.326 e. The van der Waals surface area contributed by atoms with Gasteiger partial charge in [-0.25, -0.2) is 0 Å². The Morgan fingerprint density at radius 1 is 1.24 bits per heavy atom. The maximum absolute atomic E-state index is 6.01. The number of fused-ring (bicyclic) bond motifs is 1. The molecule has 0 radical (unpaired) electrons. The lowest BCUT2D eigenvalue weighted by molar-refractivity contribution is 0.570. The number of nitrogens with zero attached hydrogens (tertiary/aromatic N) is 1. The summed E-state index contributed by atoms with van der Waals surface area (Å²) in [4.78, 5) is 4.68. The molecule has 0 saturated carbocycles. The zero-order valence-corrected chi connectivity index (χ0v) is 11.2. The second kappa shape index (κ2) is 4.28. The Morgan fingerprint density at radius 2 is 1.94 bits per heavy atom. The van der Waals surface area contributed by atoms with Gasteiger partial charge in [-0.2, -0.15) is 0 Å². The predicted molar refractivity (Wildman–Crippen MR) is 73.3 cm³/mol. The van der Waals surface area contributed by atoms with Gasteiger partial charge in [0, 0.05) is 28.1 Å². The van der Waals surface area contributed by atoms with E-state index in [1.807, 2.05) is 18.2 Å². The van der Waals surface area contributed by atoms with E-state index in [4.69, 9.17) is 17.3 Å². The van der Waals surface area contributed by atoms with Crippen LogP contribution in [0.2, 0.25) is 5.02 Å². The van der Waals surface area contributed by atoms with Gasteiger partial charge in [0.15, 0.2) is 0 Å². The smallest absolute Gasteiger partial charge is 0.0709 e. The lowest BCUT2D eigenvalue weighted by Gasteiger charge is -2.19. The van der Waals surface area contributed by atoms with Crippen molar-refractivity contribution < 1.29 is 0 Å². The van der Waals surface area contributed by atoms with Crippen molar-refractivity contribution in [1.82, 2.24) is 4.98 Å². The van der Waals surface area contributed by atoms with E-state index in [0.717, 1.165) is 27.2 Å². The number of pyridine rings is 1. The maximum atomic E-state index is 6.01. The fourth-order valence-electron chi connectivity index (χ4n) is 1.82. The zero-order chi connectivity index (χ0) is 12.6. The zero-order valence-electron chi connectivity index (χ0n) is 10.4. The van der Waals surface area contributed by atoms with Gasteiger partial charge in [0.1, 0.15) is 0 Å². The van der Waals surface area contributed by atoms with Crippen LogP contribution < -0.4 is 5.73 Å². The summed E-state index contributed by atoms with van der Waals surface area (Å²) in [6, 6.07) is 7.83. The molecule has 0 bridgehead atoms. The second-order valence-electron chi connectivity index (χ2n) is 5.28. The summed E-state index contributed by atoms with van der Waals surface area (Å²) in [5, 5.41) is 1.77. The van der Waals surface area contributed by atoms with Crippen molar-refractivity contribution in [2.24, 2.45) is 5.73 Å². The van der Waals surface area contributed by atoms with E-state index in [-0.39, 0.29) is 5.41 Å². The Morgan fingerprint density at radius 3 is 2.53 bits per heavy atom. The van der Waals surface area contributed by atoms with Gasteiger partial charge in [0.25, 0.3) is 0 Å². The van der Waals surface area contributed by atoms with Gasteiger partial charge in [0.2, 0.25) is 0 Å². The molecule has 0 aliphatic heterocycles. The minimum Gasteiger partial charge on any atom is -0.326 e. The van der Waals surface area contributed by atoms with Gasteiger partial charge in [-0.3, -0.25) is 4.98 Å². The Hall–Kier alpha value is -1.12. The molecule has 0 spiro atoms. The summed E-state index contributed by atoms with van der Waals surface area (Å²) < 4.78 is 0. The molecule has 2 rings (SSSR count). The molecule has 0 saturated heterocycles. The molecule has 0 atom stereocenters. The average Bonchev–Trinajstić information content (AvgIpc) is 2.26. The third kappa shape index (κ3) is 2.43. The van der Waals surface area contributed by atoms with Crippen LogP contribution in [0.3, 0.4) is 0 Å². The third-order valence-electron chi connectivity index (χ3n) is 2.84. The normalized spacial score (nSPS) is 12.1. The van der Waals surface area contributed by atoms with Crippen LogP contribution in [0, 0.1) is 0 Å². The van der Waals surface area contributed by atoms with Gasteiger partial charge >= 0.3 is 0 Å². The number of hydrogen-bond acceptors (Lipinski definition) is 2. The Balaban J connectivity index is 2.75. The Bertz CT molecular complexity index is 556. The van der Waals surface area contributed by atoms with E-state index in [1.54, 1.807) is 0 Å². The summed E-state index contributed by atoms with van der Waals surface area (Å²) in [7, 11) is 0. The molecule has 0 fully saturated rings. The van der Waals surface area contributed by atoms with Crippen LogP contribution in [-0.4, -0.2) is 4.98 Å². The summed E-state index contributed by atoms with van der Waals surface area (Å²) in [5.74, 6) is 0. The van der Waals surface area contributed by atoms with Crippen molar-refractivity contribution in [3.05, 3.63) is 40.5 Å². The van der Waals surface area contributed by atoms with E-state index in [1.165, 1.54) is 0 Å². The van der Waals surface area contributed by atoms with Crippen LogP contribution >= 0.6 is 11.6 Å². The van der Waals surface area contributed by atoms with E-state index >= 15 is 0 Å². The van der Waals surface area contributed by atoms with Crippen LogP contribution in [0.5, 0.6) is 0 Å². The Kier molecular flexibility index (Phi) is 3.11. The molecule has 90 valence electrons. The summed E-state index contributed by atoms with van der Waals surface area (Å²) >= 11 is 6.01. The van der Waals surface area contributed by atoms with E-state index in [0.29, 0.717) is 6.54 Å². The fraction of sp³-hybridized carbons (Fsp3) is 0.357. The second-order valence-corrected chi connectivity index (χ2v) is 5.72. The standard InChI is InChI=1S/C14H17ClN2/c1-14(2,3)13-6-9(8-16)11-7-10(15)4-5-12(11)17-13/h4-7H,8,16H2,1-3H3. The monoisotopic (exact) mass is 248 g/mol. The van der Waals surface area contributed by atoms with Crippen LogP contribution in [0.25, 0.3) is 10.9 Å². The molecule has 0 aliphatic rings. The summed E-state index contributed by atoms with van der Waals surface area (Å²) in [5.41, 5.74) is 8.96. The van der Waals surface area contributed by atoms with Gasteiger partial charge in [0.05, 0.1) is 5.52 Å². The molecule has 2 aromatic rings. The van der Waals surface area contributed by atoms with Crippen molar-refractivity contribution in [3.63, 3.8) is 0 Å². The Labute approximate surface area is 107 Å². The quantitative estimate of drug-likeness (QED) is 0.837. The topological polar surface area (TPSA) is 38.9 Å². The first-order chi connectivity index (χ1) is 7.91. The molecule has 1 aromatic heterocycles. The number of aromatic nitrogens is 1.